The van der Waals surface area contributed by atoms with E-state index in [1.165, 1.54) is 19.4 Å². The van der Waals surface area contributed by atoms with Gasteiger partial charge >= 0.3 is 5.97 Å². The Bertz CT molecular complexity index is 1540. The predicted molar refractivity (Wildman–Crippen MR) is 158 cm³/mol. The molecule has 9 N–H and O–H groups in total. The Morgan fingerprint density at radius 2 is 1.56 bits per heavy atom. The van der Waals surface area contributed by atoms with Crippen LogP contribution in [0.3, 0.4) is 0 Å². The fourth-order valence-corrected chi connectivity index (χ4v) is 4.70. The Balaban J connectivity index is 1.45. The number of hydrogen-bond donors (Lipinski definition) is 8. The van der Waals surface area contributed by atoms with Crippen LogP contribution < -0.4 is 21.7 Å². The van der Waals surface area contributed by atoms with Crippen molar-refractivity contribution in [3.63, 3.8) is 0 Å². The van der Waals surface area contributed by atoms with E-state index in [4.69, 9.17) is 5.73 Å². The third-order valence-electron chi connectivity index (χ3n) is 7.02. The molecule has 13 nitrogen and oxygen atoms in total. The molecule has 0 saturated carbocycles. The number of aliphatic hydroxyl groups is 1. The molecule has 5 atom stereocenters. The molecule has 226 valence electrons. The zero-order chi connectivity index (χ0) is 30.9. The Kier molecular flexibility index (Phi) is 10.3. The van der Waals surface area contributed by atoms with E-state index in [0.29, 0.717) is 11.3 Å². The number of imidazole rings is 1. The molecule has 3 amide bonds. The molecule has 13 heteroatoms. The molecule has 0 aliphatic heterocycles. The van der Waals surface area contributed by atoms with Gasteiger partial charge in [0, 0.05) is 41.8 Å². The highest BCUT2D eigenvalue weighted by molar-refractivity contribution is 5.95. The van der Waals surface area contributed by atoms with Crippen molar-refractivity contribution in [2.75, 3.05) is 0 Å². The van der Waals surface area contributed by atoms with Gasteiger partial charge < -0.3 is 41.9 Å². The Labute approximate surface area is 247 Å². The van der Waals surface area contributed by atoms with Crippen LogP contribution in [0.4, 0.5) is 0 Å². The first-order chi connectivity index (χ1) is 20.6. The van der Waals surface area contributed by atoms with Crippen molar-refractivity contribution in [1.82, 2.24) is 30.9 Å². The number of amides is 3. The van der Waals surface area contributed by atoms with Gasteiger partial charge in [0.05, 0.1) is 18.5 Å². The summed E-state index contributed by atoms with van der Waals surface area (Å²) in [6, 6.07) is 11.3. The van der Waals surface area contributed by atoms with E-state index in [1.807, 2.05) is 24.3 Å². The van der Waals surface area contributed by atoms with E-state index < -0.39 is 54.0 Å². The lowest BCUT2D eigenvalue weighted by Crippen LogP contribution is -2.60. The zero-order valence-corrected chi connectivity index (χ0v) is 23.5. The van der Waals surface area contributed by atoms with Crippen LogP contribution in [-0.4, -0.2) is 79.1 Å². The SMILES string of the molecule is CC(O)C(NC(=O)C(N)Cc1c[nH]c2ccccc12)C(=O)NC(Cc1cnc[nH]1)C(=O)NC(Cc1ccccc1)C(=O)O. The van der Waals surface area contributed by atoms with Crippen LogP contribution in [0.5, 0.6) is 0 Å². The molecular weight excluding hydrogens is 554 g/mol. The van der Waals surface area contributed by atoms with E-state index in [9.17, 15) is 29.4 Å². The summed E-state index contributed by atoms with van der Waals surface area (Å²) in [6.07, 6.45) is 3.41. The van der Waals surface area contributed by atoms with Gasteiger partial charge in [-0.25, -0.2) is 9.78 Å². The zero-order valence-electron chi connectivity index (χ0n) is 23.5. The molecule has 0 aliphatic rings. The highest BCUT2D eigenvalue weighted by Crippen LogP contribution is 2.19. The molecule has 2 aromatic carbocycles. The fourth-order valence-electron chi connectivity index (χ4n) is 4.70. The summed E-state index contributed by atoms with van der Waals surface area (Å²) < 4.78 is 0. The number of aromatic nitrogens is 3. The van der Waals surface area contributed by atoms with Gasteiger partial charge in [0.15, 0.2) is 0 Å². The van der Waals surface area contributed by atoms with Crippen molar-refractivity contribution in [3.8, 4) is 0 Å². The van der Waals surface area contributed by atoms with E-state index in [-0.39, 0.29) is 19.3 Å². The minimum Gasteiger partial charge on any atom is -0.480 e. The van der Waals surface area contributed by atoms with Crippen LogP contribution in [0, 0.1) is 0 Å². The summed E-state index contributed by atoms with van der Waals surface area (Å²) >= 11 is 0. The number of carboxylic acids is 1. The molecule has 0 bridgehead atoms. The standard InChI is InChI=1S/C30H35N7O6/c1-17(38)26(37-27(39)22(31)12-19-14-33-23-10-6-5-9-21(19)23)29(41)35-24(13-20-15-32-16-34-20)28(40)36-25(30(42)43)11-18-7-3-2-4-8-18/h2-10,14-17,22,24-26,33,38H,11-13,31H2,1H3,(H,32,34)(H,35,41)(H,36,40)(H,37,39)(H,42,43). The third-order valence-corrected chi connectivity index (χ3v) is 7.02. The number of H-pyrrole nitrogens is 2. The minimum atomic E-state index is -1.45. The second kappa shape index (κ2) is 14.2. The van der Waals surface area contributed by atoms with Gasteiger partial charge in [0.2, 0.25) is 17.7 Å². The number of nitrogens with one attached hydrogen (secondary N) is 5. The lowest BCUT2D eigenvalue weighted by atomic mass is 10.0. The lowest BCUT2D eigenvalue weighted by Gasteiger charge is -2.26. The van der Waals surface area contributed by atoms with Gasteiger partial charge in [0.25, 0.3) is 0 Å². The largest absolute Gasteiger partial charge is 0.480 e. The van der Waals surface area contributed by atoms with Crippen LogP contribution in [-0.2, 0) is 38.4 Å². The van der Waals surface area contributed by atoms with Gasteiger partial charge in [-0.3, -0.25) is 14.4 Å². The molecule has 5 unspecified atom stereocenters. The summed E-state index contributed by atoms with van der Waals surface area (Å²) in [7, 11) is 0. The van der Waals surface area contributed by atoms with E-state index in [1.54, 1.807) is 36.5 Å². The van der Waals surface area contributed by atoms with Gasteiger partial charge in [-0.2, -0.15) is 0 Å². The van der Waals surface area contributed by atoms with E-state index in [0.717, 1.165) is 16.5 Å². The molecule has 2 aromatic heterocycles. The van der Waals surface area contributed by atoms with Crippen LogP contribution in [0.1, 0.15) is 23.7 Å². The molecule has 43 heavy (non-hydrogen) atoms. The average Bonchev–Trinajstić information content (AvgIpc) is 3.65. The number of para-hydroxylation sites is 1. The molecule has 0 fully saturated rings. The number of rotatable bonds is 14. The highest BCUT2D eigenvalue weighted by Gasteiger charge is 2.33. The minimum absolute atomic E-state index is 0.0211. The summed E-state index contributed by atoms with van der Waals surface area (Å²) in [5.74, 6) is -3.54. The van der Waals surface area contributed by atoms with Crippen molar-refractivity contribution in [2.24, 2.45) is 5.73 Å². The molecule has 4 rings (SSSR count). The second-order valence-electron chi connectivity index (χ2n) is 10.3. The van der Waals surface area contributed by atoms with Gasteiger partial charge in [0.1, 0.15) is 18.1 Å². The number of fused-ring (bicyclic) bond motifs is 1. The number of benzene rings is 2. The van der Waals surface area contributed by atoms with Crippen LogP contribution in [0.2, 0.25) is 0 Å². The topological polar surface area (TPSA) is 215 Å². The first-order valence-corrected chi connectivity index (χ1v) is 13.8. The normalized spacial score (nSPS) is 14.7. The second-order valence-corrected chi connectivity index (χ2v) is 10.3. The number of aliphatic hydroxyl groups excluding tert-OH is 1. The molecule has 0 spiro atoms. The van der Waals surface area contributed by atoms with Crippen molar-refractivity contribution >= 4 is 34.6 Å². The first-order valence-electron chi connectivity index (χ1n) is 13.8. The summed E-state index contributed by atoms with van der Waals surface area (Å²) in [4.78, 5) is 61.5. The van der Waals surface area contributed by atoms with Gasteiger partial charge in [-0.15, -0.1) is 0 Å². The number of carbonyl (C=O) groups is 4. The molecule has 0 radical (unpaired) electrons. The quantitative estimate of drug-likeness (QED) is 0.101. The maximum atomic E-state index is 13.3. The number of hydrogen-bond acceptors (Lipinski definition) is 7. The average molecular weight is 590 g/mol. The van der Waals surface area contributed by atoms with Gasteiger partial charge in [-0.1, -0.05) is 48.5 Å². The Morgan fingerprint density at radius 1 is 0.860 bits per heavy atom. The van der Waals surface area contributed by atoms with Crippen LogP contribution >= 0.6 is 0 Å². The summed E-state index contributed by atoms with van der Waals surface area (Å²) in [5.41, 5.74) is 9.06. The van der Waals surface area contributed by atoms with Crippen molar-refractivity contribution < 1.29 is 29.4 Å². The third kappa shape index (κ3) is 8.27. The molecular formula is C30H35N7O6. The Morgan fingerprint density at radius 3 is 2.23 bits per heavy atom. The molecule has 2 heterocycles. The van der Waals surface area contributed by atoms with Crippen molar-refractivity contribution in [2.45, 2.75) is 56.5 Å². The summed E-state index contributed by atoms with van der Waals surface area (Å²) in [5, 5.41) is 28.6. The molecule has 0 saturated heterocycles. The molecule has 4 aromatic rings. The summed E-state index contributed by atoms with van der Waals surface area (Å²) in [6.45, 7) is 1.32. The number of nitrogens with two attached hydrogens (primary N) is 1. The first kappa shape index (κ1) is 30.9. The maximum Gasteiger partial charge on any atom is 0.326 e. The monoisotopic (exact) mass is 589 g/mol. The molecule has 0 aliphatic carbocycles. The van der Waals surface area contributed by atoms with Crippen molar-refractivity contribution in [3.05, 3.63) is 90.1 Å². The van der Waals surface area contributed by atoms with E-state index in [2.05, 4.69) is 30.9 Å². The maximum absolute atomic E-state index is 13.3. The Hall–Kier alpha value is -5.01. The number of carboxylic acid groups (broad SMARTS) is 1. The lowest BCUT2D eigenvalue weighted by molar-refractivity contribution is -0.142. The predicted octanol–water partition coefficient (Wildman–Crippen LogP) is 0.166. The fraction of sp³-hybridized carbons (Fsp3) is 0.300. The number of aliphatic carboxylic acids is 1. The number of carbonyl (C=O) groups excluding carboxylic acids is 3. The highest BCUT2D eigenvalue weighted by atomic mass is 16.4. The van der Waals surface area contributed by atoms with Crippen molar-refractivity contribution in [1.29, 1.82) is 0 Å². The number of nitrogens with zero attached hydrogens (tertiary/aromatic N) is 1. The number of aromatic amines is 2. The van der Waals surface area contributed by atoms with E-state index >= 15 is 0 Å². The van der Waals surface area contributed by atoms with Crippen LogP contribution in [0.15, 0.2) is 73.3 Å². The van der Waals surface area contributed by atoms with Crippen LogP contribution in [0.25, 0.3) is 10.9 Å². The van der Waals surface area contributed by atoms with Gasteiger partial charge in [-0.05, 0) is 30.5 Å². The smallest absolute Gasteiger partial charge is 0.326 e.